The zero-order chi connectivity index (χ0) is 12.5. The molecule has 1 aliphatic rings. The molecule has 1 rings (SSSR count). The molecule has 0 aliphatic carbocycles. The molecule has 4 heteroatoms. The van der Waals surface area contributed by atoms with E-state index in [1.807, 2.05) is 0 Å². The highest BCUT2D eigenvalue weighted by molar-refractivity contribution is 4.92. The number of aliphatic hydroxyl groups is 1. The van der Waals surface area contributed by atoms with Gasteiger partial charge in [0.15, 0.2) is 0 Å². The fourth-order valence-electron chi connectivity index (χ4n) is 2.05. The minimum atomic E-state index is 0.00315. The van der Waals surface area contributed by atoms with Crippen molar-refractivity contribution < 1.29 is 14.6 Å². The Morgan fingerprint density at radius 2 is 1.76 bits per heavy atom. The number of unbranched alkanes of at least 4 members (excludes halogenated alkanes) is 2. The molecule has 102 valence electrons. The third-order valence-electron chi connectivity index (χ3n) is 3.18. The Hall–Kier alpha value is -0.160. The van der Waals surface area contributed by atoms with Crippen molar-refractivity contribution in [2.75, 3.05) is 26.4 Å². The summed E-state index contributed by atoms with van der Waals surface area (Å²) in [5.41, 5.74) is 0. The van der Waals surface area contributed by atoms with E-state index in [9.17, 15) is 5.11 Å². The molecule has 0 radical (unpaired) electrons. The van der Waals surface area contributed by atoms with Gasteiger partial charge in [-0.15, -0.1) is 0 Å². The van der Waals surface area contributed by atoms with E-state index in [1.54, 1.807) is 0 Å². The topological polar surface area (TPSA) is 50.7 Å². The number of nitrogens with one attached hydrogen (secondary N) is 1. The Labute approximate surface area is 105 Å². The number of hydrogen-bond acceptors (Lipinski definition) is 4. The molecule has 2 N–H and O–H groups in total. The molecule has 0 unspecified atom stereocenters. The molecule has 1 heterocycles. The number of hydrogen-bond donors (Lipinski definition) is 2. The highest BCUT2D eigenvalue weighted by Crippen LogP contribution is 2.16. The van der Waals surface area contributed by atoms with Gasteiger partial charge in [-0.05, 0) is 12.8 Å². The monoisotopic (exact) mass is 245 g/mol. The van der Waals surface area contributed by atoms with Crippen molar-refractivity contribution in [1.82, 2.24) is 5.32 Å². The zero-order valence-electron chi connectivity index (χ0n) is 11.2. The van der Waals surface area contributed by atoms with E-state index < -0.39 is 0 Å². The standard InChI is InChI=1S/C13H27NO3/c1-3-5-7-16-12-9-14-11(10-15)13(12)17-8-6-4-2/h11-15H,3-10H2,1-2H3/t11-,12-,13-/m1/s1. The summed E-state index contributed by atoms with van der Waals surface area (Å²) in [5.74, 6) is 0. The molecule has 0 aromatic carbocycles. The first-order valence-electron chi connectivity index (χ1n) is 6.90. The molecule has 17 heavy (non-hydrogen) atoms. The average Bonchev–Trinajstić information content (AvgIpc) is 2.73. The SMILES string of the molecule is CCCCO[C@@H]1[C@@H](CO)NC[C@H]1OCCCC. The molecule has 0 aromatic heterocycles. The zero-order valence-corrected chi connectivity index (χ0v) is 11.2. The van der Waals surface area contributed by atoms with Crippen molar-refractivity contribution in [1.29, 1.82) is 0 Å². The van der Waals surface area contributed by atoms with Gasteiger partial charge in [0.25, 0.3) is 0 Å². The number of aliphatic hydroxyl groups excluding tert-OH is 1. The van der Waals surface area contributed by atoms with Gasteiger partial charge in [-0.25, -0.2) is 0 Å². The molecule has 0 saturated carbocycles. The Kier molecular flexibility index (Phi) is 7.77. The summed E-state index contributed by atoms with van der Waals surface area (Å²) < 4.78 is 11.7. The smallest absolute Gasteiger partial charge is 0.102 e. The highest BCUT2D eigenvalue weighted by Gasteiger charge is 2.36. The fraction of sp³-hybridized carbons (Fsp3) is 1.00. The Bertz CT molecular complexity index is 190. The lowest BCUT2D eigenvalue weighted by Crippen LogP contribution is -2.39. The maximum atomic E-state index is 9.28. The van der Waals surface area contributed by atoms with Gasteiger partial charge >= 0.3 is 0 Å². The van der Waals surface area contributed by atoms with E-state index in [-0.39, 0.29) is 24.9 Å². The largest absolute Gasteiger partial charge is 0.395 e. The molecule has 1 fully saturated rings. The van der Waals surface area contributed by atoms with Gasteiger partial charge in [0.05, 0.1) is 18.8 Å². The molecule has 1 aliphatic heterocycles. The molecule has 0 spiro atoms. The molecule has 0 bridgehead atoms. The van der Waals surface area contributed by atoms with Gasteiger partial charge in [-0.1, -0.05) is 26.7 Å². The van der Waals surface area contributed by atoms with Crippen LogP contribution in [0, 0.1) is 0 Å². The fourth-order valence-corrected chi connectivity index (χ4v) is 2.05. The van der Waals surface area contributed by atoms with E-state index in [0.717, 1.165) is 45.4 Å². The van der Waals surface area contributed by atoms with E-state index in [2.05, 4.69) is 19.2 Å². The van der Waals surface area contributed by atoms with Crippen LogP contribution in [0.1, 0.15) is 39.5 Å². The van der Waals surface area contributed by atoms with Crippen LogP contribution in [0.25, 0.3) is 0 Å². The summed E-state index contributed by atoms with van der Waals surface area (Å²) in [6, 6.07) is 0.0264. The second-order valence-electron chi connectivity index (χ2n) is 4.65. The second kappa shape index (κ2) is 8.86. The van der Waals surface area contributed by atoms with Gasteiger partial charge in [0.2, 0.25) is 0 Å². The van der Waals surface area contributed by atoms with Crippen molar-refractivity contribution in [3.63, 3.8) is 0 Å². The van der Waals surface area contributed by atoms with Crippen LogP contribution in [0.4, 0.5) is 0 Å². The predicted molar refractivity (Wildman–Crippen MR) is 68.2 cm³/mol. The maximum Gasteiger partial charge on any atom is 0.102 e. The summed E-state index contributed by atoms with van der Waals surface area (Å²) in [7, 11) is 0. The van der Waals surface area contributed by atoms with Crippen molar-refractivity contribution in [3.05, 3.63) is 0 Å². The molecule has 0 aromatic rings. The van der Waals surface area contributed by atoms with Crippen molar-refractivity contribution in [2.45, 2.75) is 57.8 Å². The van der Waals surface area contributed by atoms with Crippen LogP contribution in [0.5, 0.6) is 0 Å². The second-order valence-corrected chi connectivity index (χ2v) is 4.65. The van der Waals surface area contributed by atoms with E-state index in [1.165, 1.54) is 0 Å². The van der Waals surface area contributed by atoms with Crippen LogP contribution in [-0.4, -0.2) is 49.7 Å². The van der Waals surface area contributed by atoms with Gasteiger partial charge in [-0.3, -0.25) is 0 Å². The molecular weight excluding hydrogens is 218 g/mol. The minimum Gasteiger partial charge on any atom is -0.395 e. The van der Waals surface area contributed by atoms with E-state index in [4.69, 9.17) is 9.47 Å². The van der Waals surface area contributed by atoms with E-state index in [0.29, 0.717) is 0 Å². The third-order valence-corrected chi connectivity index (χ3v) is 3.18. The normalized spacial score (nSPS) is 28.8. The number of rotatable bonds is 9. The van der Waals surface area contributed by atoms with Crippen molar-refractivity contribution >= 4 is 0 Å². The molecule has 1 saturated heterocycles. The first kappa shape index (κ1) is 14.9. The van der Waals surface area contributed by atoms with Crippen molar-refractivity contribution in [2.24, 2.45) is 0 Å². The van der Waals surface area contributed by atoms with Gasteiger partial charge in [0.1, 0.15) is 6.10 Å². The first-order chi connectivity index (χ1) is 8.33. The van der Waals surface area contributed by atoms with Crippen LogP contribution in [0.15, 0.2) is 0 Å². The predicted octanol–water partition coefficient (Wildman–Crippen LogP) is 1.32. The van der Waals surface area contributed by atoms with Crippen LogP contribution < -0.4 is 5.32 Å². The summed E-state index contributed by atoms with van der Waals surface area (Å²) >= 11 is 0. The van der Waals surface area contributed by atoms with Gasteiger partial charge in [0, 0.05) is 19.8 Å². The van der Waals surface area contributed by atoms with Gasteiger partial charge in [-0.2, -0.15) is 0 Å². The van der Waals surface area contributed by atoms with Crippen LogP contribution >= 0.6 is 0 Å². The lowest BCUT2D eigenvalue weighted by Gasteiger charge is -2.23. The maximum absolute atomic E-state index is 9.28. The lowest BCUT2D eigenvalue weighted by atomic mass is 10.1. The Balaban J connectivity index is 2.33. The third kappa shape index (κ3) is 4.92. The van der Waals surface area contributed by atoms with Crippen molar-refractivity contribution in [3.8, 4) is 0 Å². The minimum absolute atomic E-state index is 0.00315. The first-order valence-corrected chi connectivity index (χ1v) is 6.90. The average molecular weight is 245 g/mol. The Morgan fingerprint density at radius 3 is 2.35 bits per heavy atom. The van der Waals surface area contributed by atoms with Crippen LogP contribution in [-0.2, 0) is 9.47 Å². The molecule has 0 amide bonds. The van der Waals surface area contributed by atoms with E-state index >= 15 is 0 Å². The van der Waals surface area contributed by atoms with Crippen LogP contribution in [0.3, 0.4) is 0 Å². The summed E-state index contributed by atoms with van der Waals surface area (Å²) in [6.45, 7) is 6.74. The lowest BCUT2D eigenvalue weighted by molar-refractivity contribution is -0.0634. The molecule has 3 atom stereocenters. The summed E-state index contributed by atoms with van der Waals surface area (Å²) in [6.07, 6.45) is 4.52. The highest BCUT2D eigenvalue weighted by atomic mass is 16.5. The summed E-state index contributed by atoms with van der Waals surface area (Å²) in [4.78, 5) is 0. The molecule has 4 nitrogen and oxygen atoms in total. The van der Waals surface area contributed by atoms with Gasteiger partial charge < -0.3 is 19.9 Å². The molecular formula is C13H27NO3. The number of ether oxygens (including phenoxy) is 2. The summed E-state index contributed by atoms with van der Waals surface area (Å²) in [5, 5.41) is 12.5. The van der Waals surface area contributed by atoms with Crippen LogP contribution in [0.2, 0.25) is 0 Å². The quantitative estimate of drug-likeness (QED) is 0.602. The Morgan fingerprint density at radius 1 is 1.12 bits per heavy atom.